The fourth-order valence-corrected chi connectivity index (χ4v) is 3.33. The average Bonchev–Trinajstić information content (AvgIpc) is 2.38. The lowest BCUT2D eigenvalue weighted by atomic mass is 10.2. The minimum absolute atomic E-state index is 0.203. The fraction of sp³-hybridized carbons (Fsp3) is 0.500. The maximum absolute atomic E-state index is 13.1. The van der Waals surface area contributed by atoms with E-state index in [9.17, 15) is 8.96 Å². The van der Waals surface area contributed by atoms with Crippen molar-refractivity contribution in [2.45, 2.75) is 19.6 Å². The predicted molar refractivity (Wildman–Crippen MR) is 70.7 cm³/mol. The first kappa shape index (κ1) is 16.1. The van der Waals surface area contributed by atoms with Crippen molar-refractivity contribution in [1.29, 1.82) is 0 Å². The third-order valence-corrected chi connectivity index (χ3v) is 4.67. The monoisotopic (exact) mass is 291 g/mol. The molecule has 1 aromatic carbocycles. The van der Waals surface area contributed by atoms with Gasteiger partial charge in [-0.15, -0.1) is 0 Å². The molecule has 0 saturated heterocycles. The second-order valence-corrected chi connectivity index (χ2v) is 5.86. The van der Waals surface area contributed by atoms with E-state index in [-0.39, 0.29) is 19.0 Å². The Kier molecular flexibility index (Phi) is 5.94. The number of benzene rings is 1. The zero-order valence-electron chi connectivity index (χ0n) is 11.3. The summed E-state index contributed by atoms with van der Waals surface area (Å²) in [5.41, 5.74) is 6.34. The van der Waals surface area contributed by atoms with Crippen LogP contribution in [0.5, 0.6) is 5.75 Å². The molecule has 0 aliphatic rings. The first-order valence-electron chi connectivity index (χ1n) is 5.96. The van der Waals surface area contributed by atoms with E-state index < -0.39 is 19.2 Å². The first-order valence-corrected chi connectivity index (χ1v) is 7.57. The largest absolute Gasteiger partial charge is 0.496 e. The van der Waals surface area contributed by atoms with Crippen molar-refractivity contribution >= 4 is 7.60 Å². The molecule has 0 saturated carbocycles. The lowest BCUT2D eigenvalue weighted by Crippen LogP contribution is -2.16. The van der Waals surface area contributed by atoms with Crippen LogP contribution in [0.15, 0.2) is 18.2 Å². The Hall–Kier alpha value is -0.940. The molecule has 5 nitrogen and oxygen atoms in total. The summed E-state index contributed by atoms with van der Waals surface area (Å²) in [6.45, 7) is 3.80. The van der Waals surface area contributed by atoms with E-state index >= 15 is 0 Å². The molecule has 0 bridgehead atoms. The van der Waals surface area contributed by atoms with Crippen molar-refractivity contribution in [3.05, 3.63) is 29.6 Å². The van der Waals surface area contributed by atoms with E-state index in [2.05, 4.69) is 0 Å². The molecule has 7 heteroatoms. The Labute approximate surface area is 112 Å². The third kappa shape index (κ3) is 3.76. The predicted octanol–water partition coefficient (Wildman–Crippen LogP) is 3.06. The second-order valence-electron chi connectivity index (χ2n) is 3.71. The summed E-state index contributed by atoms with van der Waals surface area (Å²) >= 11 is 0. The number of methoxy groups -OCH3 is 1. The standard InChI is InChI=1S/C12H19FNO4P/c1-4-17-19(15,18-5-2)12(14)10-7-6-9(13)8-11(10)16-3/h6-8,12H,4-5,14H2,1-3H3/t12-/m0/s1. The minimum Gasteiger partial charge on any atom is -0.496 e. The van der Waals surface area contributed by atoms with Gasteiger partial charge in [0.25, 0.3) is 0 Å². The van der Waals surface area contributed by atoms with Gasteiger partial charge in [-0.2, -0.15) is 0 Å². The molecular weight excluding hydrogens is 272 g/mol. The van der Waals surface area contributed by atoms with Crippen molar-refractivity contribution in [3.8, 4) is 5.75 Å². The van der Waals surface area contributed by atoms with E-state index in [0.717, 1.165) is 0 Å². The quantitative estimate of drug-likeness (QED) is 0.782. The summed E-state index contributed by atoms with van der Waals surface area (Å²) in [5.74, 6) is -1.27. The van der Waals surface area contributed by atoms with Gasteiger partial charge >= 0.3 is 7.60 Å². The molecule has 0 radical (unpaired) electrons. The van der Waals surface area contributed by atoms with Gasteiger partial charge in [0, 0.05) is 11.6 Å². The van der Waals surface area contributed by atoms with Crippen molar-refractivity contribution in [2.75, 3.05) is 20.3 Å². The summed E-state index contributed by atoms with van der Waals surface area (Å²) < 4.78 is 41.1. The maximum Gasteiger partial charge on any atom is 0.351 e. The minimum atomic E-state index is -3.51. The van der Waals surface area contributed by atoms with Crippen LogP contribution >= 0.6 is 7.60 Å². The fourth-order valence-electron chi connectivity index (χ4n) is 1.66. The number of hydrogen-bond donors (Lipinski definition) is 1. The van der Waals surface area contributed by atoms with Crippen LogP contribution in [0.2, 0.25) is 0 Å². The smallest absolute Gasteiger partial charge is 0.351 e. The molecule has 1 atom stereocenters. The van der Waals surface area contributed by atoms with E-state index in [0.29, 0.717) is 5.56 Å². The first-order chi connectivity index (χ1) is 8.98. The Balaban J connectivity index is 3.16. The summed E-state index contributed by atoms with van der Waals surface area (Å²) in [4.78, 5) is 0. The van der Waals surface area contributed by atoms with Gasteiger partial charge in [-0.25, -0.2) is 4.39 Å². The number of ether oxygens (including phenoxy) is 1. The van der Waals surface area contributed by atoms with Crippen molar-refractivity contribution < 1.29 is 22.7 Å². The summed E-state index contributed by atoms with van der Waals surface area (Å²) in [7, 11) is -2.13. The maximum atomic E-state index is 13.1. The molecule has 0 aliphatic heterocycles. The Bertz CT molecular complexity index is 459. The molecule has 1 aromatic rings. The molecule has 19 heavy (non-hydrogen) atoms. The highest BCUT2D eigenvalue weighted by atomic mass is 31.2. The Morgan fingerprint density at radius 2 is 1.89 bits per heavy atom. The molecule has 0 aliphatic carbocycles. The highest BCUT2D eigenvalue weighted by Gasteiger charge is 2.35. The van der Waals surface area contributed by atoms with Crippen molar-refractivity contribution in [2.24, 2.45) is 5.73 Å². The van der Waals surface area contributed by atoms with Crippen LogP contribution < -0.4 is 10.5 Å². The van der Waals surface area contributed by atoms with Crippen molar-refractivity contribution in [1.82, 2.24) is 0 Å². The van der Waals surface area contributed by atoms with Gasteiger partial charge in [0.15, 0.2) is 0 Å². The SMILES string of the molecule is CCOP(=O)(OCC)[C@H](N)c1ccc(F)cc1OC. The van der Waals surface area contributed by atoms with E-state index in [4.69, 9.17) is 19.5 Å². The molecule has 0 fully saturated rings. The van der Waals surface area contributed by atoms with E-state index in [1.54, 1.807) is 13.8 Å². The van der Waals surface area contributed by atoms with Gasteiger partial charge < -0.3 is 19.5 Å². The number of nitrogens with two attached hydrogens (primary N) is 1. The normalized spacial score (nSPS) is 13.3. The van der Waals surface area contributed by atoms with Gasteiger partial charge in [-0.05, 0) is 19.9 Å². The van der Waals surface area contributed by atoms with Gasteiger partial charge in [-0.3, -0.25) is 4.57 Å². The molecule has 0 heterocycles. The zero-order chi connectivity index (χ0) is 14.5. The zero-order valence-corrected chi connectivity index (χ0v) is 12.2. The van der Waals surface area contributed by atoms with Gasteiger partial charge in [-0.1, -0.05) is 6.07 Å². The summed E-state index contributed by atoms with van der Waals surface area (Å²) in [5, 5.41) is 0. The van der Waals surface area contributed by atoms with Crippen LogP contribution in [-0.4, -0.2) is 20.3 Å². The van der Waals surface area contributed by atoms with Gasteiger partial charge in [0.2, 0.25) is 0 Å². The van der Waals surface area contributed by atoms with Crippen LogP contribution in [0.25, 0.3) is 0 Å². The topological polar surface area (TPSA) is 70.8 Å². The molecule has 0 aromatic heterocycles. The van der Waals surface area contributed by atoms with E-state index in [1.165, 1.54) is 25.3 Å². The summed E-state index contributed by atoms with van der Waals surface area (Å²) in [6.07, 6.45) is 0. The van der Waals surface area contributed by atoms with Crippen LogP contribution in [-0.2, 0) is 13.6 Å². The highest BCUT2D eigenvalue weighted by Crippen LogP contribution is 2.59. The lowest BCUT2D eigenvalue weighted by Gasteiger charge is -2.24. The van der Waals surface area contributed by atoms with Crippen LogP contribution in [0.4, 0.5) is 4.39 Å². The number of rotatable bonds is 7. The molecule has 1 rings (SSSR count). The van der Waals surface area contributed by atoms with Crippen molar-refractivity contribution in [3.63, 3.8) is 0 Å². The summed E-state index contributed by atoms with van der Waals surface area (Å²) in [6, 6.07) is 3.82. The Morgan fingerprint density at radius 3 is 2.37 bits per heavy atom. The molecule has 0 spiro atoms. The second kappa shape index (κ2) is 7.01. The Morgan fingerprint density at radius 1 is 1.32 bits per heavy atom. The van der Waals surface area contributed by atoms with E-state index in [1.807, 2.05) is 0 Å². The average molecular weight is 291 g/mol. The van der Waals surface area contributed by atoms with Crippen LogP contribution in [0.1, 0.15) is 25.2 Å². The molecule has 0 unspecified atom stereocenters. The highest BCUT2D eigenvalue weighted by molar-refractivity contribution is 7.54. The third-order valence-electron chi connectivity index (χ3n) is 2.47. The molecule has 108 valence electrons. The molecule has 2 N–H and O–H groups in total. The number of halogens is 1. The van der Waals surface area contributed by atoms with Gasteiger partial charge in [0.1, 0.15) is 17.3 Å². The van der Waals surface area contributed by atoms with Crippen LogP contribution in [0, 0.1) is 5.82 Å². The van der Waals surface area contributed by atoms with Crippen LogP contribution in [0.3, 0.4) is 0 Å². The molecule has 0 amide bonds. The number of hydrogen-bond acceptors (Lipinski definition) is 5. The molecular formula is C12H19FNO4P. The lowest BCUT2D eigenvalue weighted by molar-refractivity contribution is 0.212. The van der Waals surface area contributed by atoms with Gasteiger partial charge in [0.05, 0.1) is 20.3 Å².